The Morgan fingerprint density at radius 3 is 2.40 bits per heavy atom. The van der Waals surface area contributed by atoms with Gasteiger partial charge in [-0.1, -0.05) is 12.1 Å². The maximum Gasteiger partial charge on any atom is 0.410 e. The van der Waals surface area contributed by atoms with Gasteiger partial charge in [-0.15, -0.1) is 0 Å². The fourth-order valence-electron chi connectivity index (χ4n) is 3.35. The maximum atomic E-state index is 13.2. The molecule has 1 aromatic carbocycles. The number of carbonyl (C=O) groups is 4. The third kappa shape index (κ3) is 4.49. The van der Waals surface area contributed by atoms with E-state index >= 15 is 0 Å². The number of hydrogen-bond donors (Lipinski definition) is 0. The zero-order chi connectivity index (χ0) is 18.2. The van der Waals surface area contributed by atoms with Gasteiger partial charge < -0.3 is 24.0 Å². The highest BCUT2D eigenvalue weighted by Gasteiger charge is 2.44. The van der Waals surface area contributed by atoms with Gasteiger partial charge in [0.2, 0.25) is 0 Å². The molecule has 1 aliphatic heterocycles. The van der Waals surface area contributed by atoms with Crippen molar-refractivity contribution in [3.63, 3.8) is 0 Å². The van der Waals surface area contributed by atoms with E-state index < -0.39 is 18.0 Å². The fraction of sp³-hybridized carbons (Fsp3) is 0.444. The van der Waals surface area contributed by atoms with E-state index in [1.807, 2.05) is 0 Å². The molecule has 0 saturated carbocycles. The smallest absolute Gasteiger partial charge is 0.410 e. The van der Waals surface area contributed by atoms with Crippen molar-refractivity contribution < 1.29 is 28.3 Å². The highest BCUT2D eigenvalue weighted by Crippen LogP contribution is 2.43. The Morgan fingerprint density at radius 2 is 1.80 bits per heavy atom. The molecule has 0 spiro atoms. The molecule has 1 aliphatic rings. The first-order valence-corrected chi connectivity index (χ1v) is 8.12. The van der Waals surface area contributed by atoms with Crippen molar-refractivity contribution in [3.05, 3.63) is 35.6 Å². The fourth-order valence-corrected chi connectivity index (χ4v) is 3.35. The number of nitrogens with zero attached hydrogens (tertiary/aromatic N) is 1. The lowest BCUT2D eigenvalue weighted by Gasteiger charge is -2.27. The number of ether oxygens (including phenoxy) is 1. The summed E-state index contributed by atoms with van der Waals surface area (Å²) in [7, 11) is 0. The number of amides is 1. The van der Waals surface area contributed by atoms with Crippen LogP contribution in [-0.2, 0) is 19.1 Å². The normalized spacial score (nSPS) is 22.4. The van der Waals surface area contributed by atoms with Crippen molar-refractivity contribution in [3.8, 4) is 0 Å². The monoisotopic (exact) mass is 349 g/mol. The second-order valence-electron chi connectivity index (χ2n) is 5.95. The second-order valence-corrected chi connectivity index (χ2v) is 5.95. The molecule has 0 N–H and O–H groups in total. The largest absolute Gasteiger partial charge is 0.449 e. The van der Waals surface area contributed by atoms with Crippen LogP contribution >= 0.6 is 0 Å². The average Bonchev–Trinajstić information content (AvgIpc) is 2.95. The molecule has 134 valence electrons. The summed E-state index contributed by atoms with van der Waals surface area (Å²) in [4.78, 5) is 46.3. The van der Waals surface area contributed by atoms with Gasteiger partial charge >= 0.3 is 6.09 Å². The van der Waals surface area contributed by atoms with Crippen molar-refractivity contribution >= 4 is 25.0 Å². The summed E-state index contributed by atoms with van der Waals surface area (Å²) in [5, 5.41) is 0. The summed E-state index contributed by atoms with van der Waals surface area (Å²) >= 11 is 0. The summed E-state index contributed by atoms with van der Waals surface area (Å²) in [5.41, 5.74) is 0.675. The molecule has 6 nitrogen and oxygen atoms in total. The van der Waals surface area contributed by atoms with Gasteiger partial charge in [-0.2, -0.15) is 0 Å². The number of rotatable bonds is 8. The van der Waals surface area contributed by atoms with Gasteiger partial charge in [0.1, 0.15) is 24.7 Å². The third-order valence-electron chi connectivity index (χ3n) is 4.45. The minimum absolute atomic E-state index is 0.0360. The topological polar surface area (TPSA) is 80.8 Å². The first kappa shape index (κ1) is 18.8. The van der Waals surface area contributed by atoms with Crippen molar-refractivity contribution in [2.75, 3.05) is 13.2 Å². The van der Waals surface area contributed by atoms with Gasteiger partial charge in [-0.25, -0.2) is 9.18 Å². The molecular weight excluding hydrogens is 329 g/mol. The summed E-state index contributed by atoms with van der Waals surface area (Å²) in [5.74, 6) is -0.846. The zero-order valence-electron chi connectivity index (χ0n) is 13.7. The third-order valence-corrected chi connectivity index (χ3v) is 4.45. The average molecular weight is 349 g/mol. The SMILES string of the molecule is O=CCCOC(=O)N1CC(CC=O)C(CC=O)C1c1ccc(F)cc1. The predicted molar refractivity (Wildman–Crippen MR) is 86.2 cm³/mol. The van der Waals surface area contributed by atoms with Crippen molar-refractivity contribution in [2.24, 2.45) is 11.8 Å². The van der Waals surface area contributed by atoms with Gasteiger partial charge in [-0.3, -0.25) is 0 Å². The summed E-state index contributed by atoms with van der Waals surface area (Å²) in [6.45, 7) is 0.227. The van der Waals surface area contributed by atoms with Crippen LogP contribution in [0.3, 0.4) is 0 Å². The van der Waals surface area contributed by atoms with E-state index in [2.05, 4.69) is 0 Å². The summed E-state index contributed by atoms with van der Waals surface area (Å²) in [6.07, 6.45) is 2.06. The number of carbonyl (C=O) groups excluding carboxylic acids is 4. The molecule has 1 saturated heterocycles. The minimum Gasteiger partial charge on any atom is -0.449 e. The van der Waals surface area contributed by atoms with E-state index in [1.54, 1.807) is 12.1 Å². The molecule has 1 heterocycles. The Labute approximate surface area is 144 Å². The highest BCUT2D eigenvalue weighted by molar-refractivity contribution is 5.70. The number of likely N-dealkylation sites (tertiary alicyclic amines) is 1. The van der Waals surface area contributed by atoms with Crippen LogP contribution in [0.1, 0.15) is 30.9 Å². The molecule has 1 fully saturated rings. The summed E-state index contributed by atoms with van der Waals surface area (Å²) in [6, 6.07) is 5.21. The van der Waals surface area contributed by atoms with Crippen LogP contribution in [0.5, 0.6) is 0 Å². The Balaban J connectivity index is 2.30. The zero-order valence-corrected chi connectivity index (χ0v) is 13.7. The van der Waals surface area contributed by atoms with E-state index in [-0.39, 0.29) is 44.2 Å². The predicted octanol–water partition coefficient (Wildman–Crippen LogP) is 2.32. The molecule has 0 aliphatic carbocycles. The van der Waals surface area contributed by atoms with Crippen molar-refractivity contribution in [2.45, 2.75) is 25.3 Å². The quantitative estimate of drug-likeness (QED) is 0.531. The first-order chi connectivity index (χ1) is 12.1. The Kier molecular flexibility index (Phi) is 6.80. The van der Waals surface area contributed by atoms with E-state index in [1.165, 1.54) is 17.0 Å². The van der Waals surface area contributed by atoms with E-state index in [9.17, 15) is 23.6 Å². The molecule has 1 aromatic rings. The molecule has 2 rings (SSSR count). The number of halogens is 1. The summed E-state index contributed by atoms with van der Waals surface area (Å²) < 4.78 is 18.3. The Morgan fingerprint density at radius 1 is 1.12 bits per heavy atom. The maximum absolute atomic E-state index is 13.2. The molecule has 25 heavy (non-hydrogen) atoms. The standard InChI is InChI=1S/C18H20FNO5/c19-15-4-2-13(3-5-15)17-16(7-10-23)14(6-9-22)12-20(17)18(24)25-11-1-8-21/h2-5,8-10,14,16-17H,1,6-7,11-12H2. The number of hydrogen-bond acceptors (Lipinski definition) is 5. The van der Waals surface area contributed by atoms with Gasteiger partial charge in [-0.05, 0) is 29.5 Å². The van der Waals surface area contributed by atoms with E-state index in [0.717, 1.165) is 12.6 Å². The van der Waals surface area contributed by atoms with Crippen LogP contribution in [0, 0.1) is 17.7 Å². The van der Waals surface area contributed by atoms with Crippen molar-refractivity contribution in [1.82, 2.24) is 4.90 Å². The number of benzene rings is 1. The first-order valence-electron chi connectivity index (χ1n) is 8.12. The van der Waals surface area contributed by atoms with Crippen LogP contribution in [0.25, 0.3) is 0 Å². The van der Waals surface area contributed by atoms with Crippen LogP contribution in [-0.4, -0.2) is 43.0 Å². The molecule has 3 atom stereocenters. The van der Waals surface area contributed by atoms with Gasteiger partial charge in [0.25, 0.3) is 0 Å². The Hall–Kier alpha value is -2.57. The highest BCUT2D eigenvalue weighted by atomic mass is 19.1. The molecule has 0 aromatic heterocycles. The van der Waals surface area contributed by atoms with Gasteiger partial charge in [0.05, 0.1) is 12.6 Å². The molecule has 0 bridgehead atoms. The molecule has 0 radical (unpaired) electrons. The molecule has 1 amide bonds. The molecule has 3 unspecified atom stereocenters. The van der Waals surface area contributed by atoms with Gasteiger partial charge in [0, 0.05) is 25.8 Å². The van der Waals surface area contributed by atoms with Gasteiger partial charge in [0.15, 0.2) is 0 Å². The lowest BCUT2D eigenvalue weighted by Crippen LogP contribution is -2.33. The van der Waals surface area contributed by atoms with Crippen LogP contribution in [0.15, 0.2) is 24.3 Å². The Bertz CT molecular complexity index is 618. The van der Waals surface area contributed by atoms with Crippen molar-refractivity contribution in [1.29, 1.82) is 0 Å². The minimum atomic E-state index is -0.611. The lowest BCUT2D eigenvalue weighted by molar-refractivity contribution is -0.111. The van der Waals surface area contributed by atoms with E-state index in [0.29, 0.717) is 11.8 Å². The van der Waals surface area contributed by atoms with Crippen LogP contribution < -0.4 is 0 Å². The second kappa shape index (κ2) is 9.05. The van der Waals surface area contributed by atoms with E-state index in [4.69, 9.17) is 4.74 Å². The lowest BCUT2D eigenvalue weighted by atomic mass is 9.83. The number of aldehydes is 3. The van der Waals surface area contributed by atoms with Crippen LogP contribution in [0.2, 0.25) is 0 Å². The molecule has 7 heteroatoms. The molecular formula is C18H20FNO5. The van der Waals surface area contributed by atoms with Crippen LogP contribution in [0.4, 0.5) is 9.18 Å².